The summed E-state index contributed by atoms with van der Waals surface area (Å²) in [4.78, 5) is 27.3. The van der Waals surface area contributed by atoms with E-state index >= 15 is 0 Å². The quantitative estimate of drug-likeness (QED) is 0.372. The molecule has 0 bridgehead atoms. The SMILES string of the molecule is CC(=O)OOOC(C)=O.CCOCCOCCO. The second kappa shape index (κ2) is 15.8. The minimum Gasteiger partial charge on any atom is -0.394 e. The van der Waals surface area contributed by atoms with Crippen LogP contribution in [0.3, 0.4) is 0 Å². The van der Waals surface area contributed by atoms with E-state index in [1.165, 1.54) is 0 Å². The zero-order valence-electron chi connectivity index (χ0n) is 10.8. The van der Waals surface area contributed by atoms with Crippen LogP contribution in [0.4, 0.5) is 0 Å². The fourth-order valence-corrected chi connectivity index (χ4v) is 0.542. The van der Waals surface area contributed by atoms with E-state index in [0.717, 1.165) is 20.5 Å². The fourth-order valence-electron chi connectivity index (χ4n) is 0.542. The maximum atomic E-state index is 9.89. The van der Waals surface area contributed by atoms with Crippen molar-refractivity contribution in [1.82, 2.24) is 0 Å². The van der Waals surface area contributed by atoms with Crippen molar-refractivity contribution < 1.29 is 39.0 Å². The van der Waals surface area contributed by atoms with Gasteiger partial charge in [-0.25, -0.2) is 9.59 Å². The highest BCUT2D eigenvalue weighted by Crippen LogP contribution is 1.81. The number of carbonyl (C=O) groups is 2. The third-order valence-electron chi connectivity index (χ3n) is 1.11. The minimum atomic E-state index is -0.684. The highest BCUT2D eigenvalue weighted by molar-refractivity contribution is 5.66. The van der Waals surface area contributed by atoms with E-state index in [1.54, 1.807) is 0 Å². The molecule has 0 fully saturated rings. The number of hydrogen-bond donors (Lipinski definition) is 1. The molecule has 18 heavy (non-hydrogen) atoms. The Labute approximate surface area is 106 Å². The Morgan fingerprint density at radius 3 is 1.83 bits per heavy atom. The van der Waals surface area contributed by atoms with Crippen molar-refractivity contribution in [3.63, 3.8) is 0 Å². The van der Waals surface area contributed by atoms with Gasteiger partial charge in [-0.2, -0.15) is 0 Å². The lowest BCUT2D eigenvalue weighted by atomic mass is 10.7. The van der Waals surface area contributed by atoms with Gasteiger partial charge in [0.15, 0.2) is 0 Å². The van der Waals surface area contributed by atoms with Gasteiger partial charge >= 0.3 is 11.9 Å². The van der Waals surface area contributed by atoms with Crippen LogP contribution in [0.25, 0.3) is 0 Å². The molecule has 0 aliphatic heterocycles. The summed E-state index contributed by atoms with van der Waals surface area (Å²) < 4.78 is 9.88. The molecule has 0 rings (SSSR count). The van der Waals surface area contributed by atoms with Gasteiger partial charge in [0, 0.05) is 25.5 Å². The number of carbonyl (C=O) groups excluding carboxylic acids is 2. The lowest BCUT2D eigenvalue weighted by molar-refractivity contribution is -0.458. The second-order valence-corrected chi connectivity index (χ2v) is 2.75. The minimum absolute atomic E-state index is 0.0894. The molecule has 0 aromatic rings. The Kier molecular flexibility index (Phi) is 16.8. The van der Waals surface area contributed by atoms with Gasteiger partial charge in [0.1, 0.15) is 0 Å². The molecule has 0 aliphatic rings. The van der Waals surface area contributed by atoms with E-state index in [2.05, 4.69) is 14.8 Å². The van der Waals surface area contributed by atoms with Crippen LogP contribution < -0.4 is 0 Å². The summed E-state index contributed by atoms with van der Waals surface area (Å²) in [6, 6.07) is 0. The number of ether oxygens (including phenoxy) is 2. The van der Waals surface area contributed by atoms with Crippen molar-refractivity contribution in [1.29, 1.82) is 0 Å². The number of hydrogen-bond acceptors (Lipinski definition) is 8. The second-order valence-electron chi connectivity index (χ2n) is 2.75. The number of aliphatic hydroxyl groups is 1. The Morgan fingerprint density at radius 2 is 1.44 bits per heavy atom. The van der Waals surface area contributed by atoms with Crippen molar-refractivity contribution in [3.8, 4) is 0 Å². The predicted octanol–water partition coefficient (Wildman–Crippen LogP) is -0.00900. The molecular weight excluding hydrogens is 248 g/mol. The summed E-state index contributed by atoms with van der Waals surface area (Å²) in [5.74, 6) is -1.37. The Morgan fingerprint density at radius 1 is 0.944 bits per heavy atom. The summed E-state index contributed by atoms with van der Waals surface area (Å²) >= 11 is 0. The van der Waals surface area contributed by atoms with Crippen molar-refractivity contribution in [3.05, 3.63) is 0 Å². The molecule has 0 saturated carbocycles. The van der Waals surface area contributed by atoms with Gasteiger partial charge in [-0.15, -0.1) is 0 Å². The molecule has 0 spiro atoms. The highest BCUT2D eigenvalue weighted by Gasteiger charge is 1.96. The monoisotopic (exact) mass is 268 g/mol. The normalized spacial score (nSPS) is 9.11. The first-order chi connectivity index (χ1) is 8.54. The maximum absolute atomic E-state index is 9.89. The third kappa shape index (κ3) is 24.2. The summed E-state index contributed by atoms with van der Waals surface area (Å²) in [5, 5.41) is 11.9. The number of rotatable bonds is 8. The van der Waals surface area contributed by atoms with Gasteiger partial charge in [0.2, 0.25) is 0 Å². The van der Waals surface area contributed by atoms with Gasteiger partial charge in [0.25, 0.3) is 0 Å². The van der Waals surface area contributed by atoms with Crippen molar-refractivity contribution >= 4 is 11.9 Å². The van der Waals surface area contributed by atoms with Crippen molar-refractivity contribution in [2.24, 2.45) is 0 Å². The Balaban J connectivity index is 0. The van der Waals surface area contributed by atoms with Crippen LogP contribution >= 0.6 is 0 Å². The molecule has 0 aromatic carbocycles. The summed E-state index contributed by atoms with van der Waals surface area (Å²) in [7, 11) is 0. The largest absolute Gasteiger partial charge is 0.394 e. The average Bonchev–Trinajstić information content (AvgIpc) is 2.29. The van der Waals surface area contributed by atoms with Crippen LogP contribution in [0.1, 0.15) is 20.8 Å². The fraction of sp³-hybridized carbons (Fsp3) is 0.800. The standard InChI is InChI=1S/C6H14O3.C4H6O5/c1-2-8-5-6-9-4-3-7;1-3(5)7-9-8-4(2)6/h7H,2-6H2,1H3;1-2H3. The molecule has 0 saturated heterocycles. The molecular formula is C10H20O8. The lowest BCUT2D eigenvalue weighted by Gasteiger charge is -2.00. The number of aliphatic hydroxyl groups excluding tert-OH is 1. The van der Waals surface area contributed by atoms with E-state index in [-0.39, 0.29) is 6.61 Å². The Bertz CT molecular complexity index is 186. The molecule has 0 aliphatic carbocycles. The van der Waals surface area contributed by atoms with Crippen LogP contribution in [0.15, 0.2) is 0 Å². The van der Waals surface area contributed by atoms with E-state index in [0.29, 0.717) is 19.8 Å². The molecule has 0 unspecified atom stereocenters. The van der Waals surface area contributed by atoms with Crippen molar-refractivity contribution in [2.75, 3.05) is 33.0 Å². The van der Waals surface area contributed by atoms with Gasteiger partial charge in [-0.3, -0.25) is 9.78 Å². The van der Waals surface area contributed by atoms with Crippen LogP contribution in [0.2, 0.25) is 0 Å². The van der Waals surface area contributed by atoms with E-state index in [1.807, 2.05) is 6.92 Å². The first kappa shape index (κ1) is 19.1. The molecule has 8 nitrogen and oxygen atoms in total. The predicted molar refractivity (Wildman–Crippen MR) is 59.0 cm³/mol. The zero-order valence-corrected chi connectivity index (χ0v) is 10.8. The molecule has 0 amide bonds. The van der Waals surface area contributed by atoms with Gasteiger partial charge in [0.05, 0.1) is 26.4 Å². The van der Waals surface area contributed by atoms with Gasteiger partial charge in [-0.05, 0) is 6.92 Å². The summed E-state index contributed by atoms with van der Waals surface area (Å²) in [5.41, 5.74) is 0. The topological polar surface area (TPSA) is 101 Å². The average molecular weight is 268 g/mol. The smallest absolute Gasteiger partial charge is 0.343 e. The van der Waals surface area contributed by atoms with Gasteiger partial charge in [-0.1, -0.05) is 0 Å². The van der Waals surface area contributed by atoms with E-state index < -0.39 is 11.9 Å². The first-order valence-corrected chi connectivity index (χ1v) is 5.33. The van der Waals surface area contributed by atoms with E-state index in [9.17, 15) is 9.59 Å². The van der Waals surface area contributed by atoms with Crippen LogP contribution in [0.5, 0.6) is 0 Å². The van der Waals surface area contributed by atoms with Crippen LogP contribution in [-0.4, -0.2) is 50.1 Å². The molecule has 1 N–H and O–H groups in total. The Hall–Kier alpha value is -1.22. The molecule has 8 heteroatoms. The molecule has 0 radical (unpaired) electrons. The zero-order chi connectivity index (χ0) is 14.2. The first-order valence-electron chi connectivity index (χ1n) is 5.33. The third-order valence-corrected chi connectivity index (χ3v) is 1.11. The van der Waals surface area contributed by atoms with Crippen molar-refractivity contribution in [2.45, 2.75) is 20.8 Å². The molecule has 0 heterocycles. The maximum Gasteiger partial charge on any atom is 0.343 e. The molecule has 0 atom stereocenters. The molecule has 108 valence electrons. The summed E-state index contributed by atoms with van der Waals surface area (Å²) in [6.45, 7) is 6.59. The van der Waals surface area contributed by atoms with Crippen LogP contribution in [-0.2, 0) is 33.9 Å². The lowest BCUT2D eigenvalue weighted by Crippen LogP contribution is -2.06. The molecule has 0 aromatic heterocycles. The highest BCUT2D eigenvalue weighted by atomic mass is 17.5. The summed E-state index contributed by atoms with van der Waals surface area (Å²) in [6.07, 6.45) is 0. The van der Waals surface area contributed by atoms with Crippen LogP contribution in [0, 0.1) is 0 Å². The van der Waals surface area contributed by atoms with E-state index in [4.69, 9.17) is 14.6 Å². The van der Waals surface area contributed by atoms with Gasteiger partial charge < -0.3 is 14.6 Å².